The maximum Gasteiger partial charge on any atom is 0.426 e. The second-order valence-electron chi connectivity index (χ2n) is 3.70. The monoisotopic (exact) mass is 292 g/mol. The van der Waals surface area contributed by atoms with Crippen molar-refractivity contribution >= 4 is 22.9 Å². The molecule has 0 aliphatic carbocycles. The first kappa shape index (κ1) is 13.4. The smallest absolute Gasteiger partial charge is 0.372 e. The van der Waals surface area contributed by atoms with E-state index in [9.17, 15) is 18.3 Å². The van der Waals surface area contributed by atoms with E-state index in [1.54, 1.807) is 0 Å². The fraction of sp³-hybridized carbons (Fsp3) is 0.167. The van der Waals surface area contributed by atoms with Gasteiger partial charge in [0.2, 0.25) is 5.60 Å². The van der Waals surface area contributed by atoms with E-state index in [1.807, 2.05) is 0 Å². The first-order valence-electron chi connectivity index (χ1n) is 4.95. The van der Waals surface area contributed by atoms with Crippen molar-refractivity contribution in [1.29, 1.82) is 0 Å². The van der Waals surface area contributed by atoms with Crippen molar-refractivity contribution in [3.63, 3.8) is 0 Å². The summed E-state index contributed by atoms with van der Waals surface area (Å²) in [5.41, 5.74) is -3.31. The third kappa shape index (κ3) is 2.13. The molecule has 1 N–H and O–H groups in total. The Morgan fingerprint density at radius 3 is 2.33 bits per heavy atom. The number of aliphatic hydroxyl groups is 1. The third-order valence-electron chi connectivity index (χ3n) is 2.53. The standard InChI is InChI=1S/C12H8ClF3OS/c13-9-4-1-3-8(7-9)11(17,12(14,15)16)10-5-2-6-18-10/h1-7,17H. The van der Waals surface area contributed by atoms with Crippen LogP contribution in [0.25, 0.3) is 0 Å². The van der Waals surface area contributed by atoms with E-state index in [0.717, 1.165) is 17.4 Å². The summed E-state index contributed by atoms with van der Waals surface area (Å²) < 4.78 is 39.6. The molecule has 1 heterocycles. The van der Waals surface area contributed by atoms with Gasteiger partial charge in [-0.1, -0.05) is 29.8 Å². The highest BCUT2D eigenvalue weighted by Crippen LogP contribution is 2.46. The van der Waals surface area contributed by atoms with E-state index in [0.29, 0.717) is 0 Å². The molecule has 0 radical (unpaired) electrons. The van der Waals surface area contributed by atoms with Crippen LogP contribution in [0.3, 0.4) is 0 Å². The first-order valence-corrected chi connectivity index (χ1v) is 6.20. The van der Waals surface area contributed by atoms with Gasteiger partial charge in [-0.05, 0) is 29.1 Å². The molecule has 0 amide bonds. The van der Waals surface area contributed by atoms with Gasteiger partial charge in [-0.2, -0.15) is 13.2 Å². The number of benzene rings is 1. The average molecular weight is 293 g/mol. The van der Waals surface area contributed by atoms with Crippen LogP contribution in [0.1, 0.15) is 10.4 Å². The van der Waals surface area contributed by atoms with Crippen LogP contribution in [0.2, 0.25) is 5.02 Å². The highest BCUT2D eigenvalue weighted by Gasteiger charge is 2.57. The molecule has 1 aromatic heterocycles. The third-order valence-corrected chi connectivity index (χ3v) is 3.74. The number of thiophene rings is 1. The Bertz CT molecular complexity index is 539. The second-order valence-corrected chi connectivity index (χ2v) is 5.08. The van der Waals surface area contributed by atoms with Crippen molar-refractivity contribution in [2.45, 2.75) is 11.8 Å². The van der Waals surface area contributed by atoms with Gasteiger partial charge in [-0.15, -0.1) is 11.3 Å². The van der Waals surface area contributed by atoms with Gasteiger partial charge >= 0.3 is 6.18 Å². The predicted molar refractivity (Wildman–Crippen MR) is 64.8 cm³/mol. The van der Waals surface area contributed by atoms with E-state index < -0.39 is 11.8 Å². The average Bonchev–Trinajstić information content (AvgIpc) is 2.80. The van der Waals surface area contributed by atoms with Gasteiger partial charge in [-0.25, -0.2) is 0 Å². The molecule has 18 heavy (non-hydrogen) atoms. The van der Waals surface area contributed by atoms with Crippen molar-refractivity contribution in [2.75, 3.05) is 0 Å². The molecule has 0 bridgehead atoms. The molecule has 0 aliphatic heterocycles. The van der Waals surface area contributed by atoms with Crippen LogP contribution >= 0.6 is 22.9 Å². The quantitative estimate of drug-likeness (QED) is 0.879. The van der Waals surface area contributed by atoms with Gasteiger partial charge < -0.3 is 5.11 Å². The van der Waals surface area contributed by atoms with Crippen LogP contribution in [0.4, 0.5) is 13.2 Å². The number of hydrogen-bond acceptors (Lipinski definition) is 2. The maximum absolute atomic E-state index is 13.2. The van der Waals surface area contributed by atoms with Gasteiger partial charge in [-0.3, -0.25) is 0 Å². The molecular formula is C12H8ClF3OS. The predicted octanol–water partition coefficient (Wildman–Crippen LogP) is 4.20. The van der Waals surface area contributed by atoms with Crippen LogP contribution in [-0.4, -0.2) is 11.3 Å². The summed E-state index contributed by atoms with van der Waals surface area (Å²) in [4.78, 5) is -0.183. The van der Waals surface area contributed by atoms with Crippen LogP contribution in [-0.2, 0) is 5.60 Å². The minimum absolute atomic E-state index is 0.145. The fourth-order valence-electron chi connectivity index (χ4n) is 1.64. The topological polar surface area (TPSA) is 20.2 Å². The first-order chi connectivity index (χ1) is 8.35. The molecule has 2 rings (SSSR count). The van der Waals surface area contributed by atoms with E-state index in [1.165, 1.54) is 35.7 Å². The number of alkyl halides is 3. The van der Waals surface area contributed by atoms with Crippen LogP contribution in [0.5, 0.6) is 0 Å². The minimum atomic E-state index is -4.82. The summed E-state index contributed by atoms with van der Waals surface area (Å²) in [6.07, 6.45) is -4.82. The summed E-state index contributed by atoms with van der Waals surface area (Å²) in [7, 11) is 0. The number of hydrogen-bond donors (Lipinski definition) is 1. The van der Waals surface area contributed by atoms with Crippen LogP contribution in [0, 0.1) is 0 Å². The Labute approximate surface area is 110 Å². The summed E-state index contributed by atoms with van der Waals surface area (Å²) in [6, 6.07) is 7.87. The van der Waals surface area contributed by atoms with E-state index in [-0.39, 0.29) is 15.5 Å². The molecule has 96 valence electrons. The van der Waals surface area contributed by atoms with E-state index >= 15 is 0 Å². The van der Waals surface area contributed by atoms with Gasteiger partial charge in [0, 0.05) is 9.90 Å². The lowest BCUT2D eigenvalue weighted by Crippen LogP contribution is -2.42. The van der Waals surface area contributed by atoms with Crippen LogP contribution < -0.4 is 0 Å². The van der Waals surface area contributed by atoms with Crippen molar-refractivity contribution in [3.8, 4) is 0 Å². The molecule has 1 aromatic carbocycles. The molecule has 1 atom stereocenters. The molecule has 0 saturated heterocycles. The zero-order valence-corrected chi connectivity index (χ0v) is 10.5. The van der Waals surface area contributed by atoms with Gasteiger partial charge in [0.05, 0.1) is 0 Å². The van der Waals surface area contributed by atoms with Crippen molar-refractivity contribution in [2.24, 2.45) is 0 Å². The lowest BCUT2D eigenvalue weighted by atomic mass is 9.91. The fourth-order valence-corrected chi connectivity index (χ4v) is 2.70. The molecule has 6 heteroatoms. The Kier molecular flexibility index (Phi) is 3.40. The Balaban J connectivity index is 2.64. The van der Waals surface area contributed by atoms with Gasteiger partial charge in [0.15, 0.2) is 0 Å². The molecule has 1 nitrogen and oxygen atoms in total. The Hall–Kier alpha value is -1.04. The second kappa shape index (κ2) is 4.57. The molecule has 2 aromatic rings. The molecule has 0 saturated carbocycles. The number of halogens is 4. The molecule has 0 fully saturated rings. The minimum Gasteiger partial charge on any atom is -0.372 e. The highest BCUT2D eigenvalue weighted by molar-refractivity contribution is 7.10. The van der Waals surface area contributed by atoms with E-state index in [4.69, 9.17) is 11.6 Å². The zero-order chi connectivity index (χ0) is 13.4. The SMILES string of the molecule is OC(c1cccc(Cl)c1)(c1cccs1)C(F)(F)F. The summed E-state index contributed by atoms with van der Waals surface area (Å²) in [6.45, 7) is 0. The van der Waals surface area contributed by atoms with Crippen molar-refractivity contribution in [1.82, 2.24) is 0 Å². The van der Waals surface area contributed by atoms with Crippen molar-refractivity contribution in [3.05, 3.63) is 57.2 Å². The molecular weight excluding hydrogens is 285 g/mol. The maximum atomic E-state index is 13.2. The summed E-state index contributed by atoms with van der Waals surface area (Å²) in [5.74, 6) is 0. The van der Waals surface area contributed by atoms with E-state index in [2.05, 4.69) is 0 Å². The molecule has 0 spiro atoms. The highest BCUT2D eigenvalue weighted by atomic mass is 35.5. The summed E-state index contributed by atoms with van der Waals surface area (Å²) >= 11 is 6.53. The van der Waals surface area contributed by atoms with Gasteiger partial charge in [0.25, 0.3) is 0 Å². The largest absolute Gasteiger partial charge is 0.426 e. The van der Waals surface area contributed by atoms with Crippen molar-refractivity contribution < 1.29 is 18.3 Å². The lowest BCUT2D eigenvalue weighted by molar-refractivity contribution is -0.247. The zero-order valence-electron chi connectivity index (χ0n) is 8.91. The normalized spacial score (nSPS) is 15.4. The summed E-state index contributed by atoms with van der Waals surface area (Å²) in [5, 5.41) is 11.8. The Morgan fingerprint density at radius 1 is 1.11 bits per heavy atom. The Morgan fingerprint density at radius 2 is 1.83 bits per heavy atom. The molecule has 1 unspecified atom stereocenters. The lowest BCUT2D eigenvalue weighted by Gasteiger charge is -2.30. The van der Waals surface area contributed by atoms with Gasteiger partial charge in [0.1, 0.15) is 0 Å². The van der Waals surface area contributed by atoms with Crippen LogP contribution in [0.15, 0.2) is 41.8 Å². The molecule has 0 aliphatic rings. The number of rotatable bonds is 2.